The molecular weight excluding hydrogens is 533 g/mol. The fourth-order valence-corrected chi connectivity index (χ4v) is 5.79. The van der Waals surface area contributed by atoms with Gasteiger partial charge in [0.1, 0.15) is 28.8 Å². The van der Waals surface area contributed by atoms with Crippen LogP contribution < -0.4 is 14.8 Å². The van der Waals surface area contributed by atoms with Crippen molar-refractivity contribution < 1.29 is 26.8 Å². The fourth-order valence-electron chi connectivity index (χ4n) is 4.64. The van der Waals surface area contributed by atoms with Crippen molar-refractivity contribution in [3.63, 3.8) is 0 Å². The number of unbranched alkanes of at least 4 members (excludes halogenated alkanes) is 2. The van der Waals surface area contributed by atoms with Gasteiger partial charge in [0.2, 0.25) is 15.7 Å². The molecule has 0 bridgehead atoms. The van der Waals surface area contributed by atoms with Gasteiger partial charge in [-0.1, -0.05) is 19.8 Å². The number of fused-ring (bicyclic) bond motifs is 1. The Hall–Kier alpha value is -3.76. The van der Waals surface area contributed by atoms with E-state index in [0.717, 1.165) is 37.7 Å². The molecule has 1 aliphatic rings. The van der Waals surface area contributed by atoms with Crippen LogP contribution in [-0.4, -0.2) is 32.9 Å². The third-order valence-electron chi connectivity index (χ3n) is 6.86. The van der Waals surface area contributed by atoms with E-state index in [2.05, 4.69) is 21.9 Å². The minimum Gasteiger partial charge on any atom is -0.457 e. The number of carbonyl (C=O) groups is 1. The molecule has 1 amide bonds. The lowest BCUT2D eigenvalue weighted by atomic mass is 10.0. The van der Waals surface area contributed by atoms with E-state index in [-0.39, 0.29) is 29.1 Å². The number of nitrogens with one attached hydrogen (secondary N) is 2. The third kappa shape index (κ3) is 6.34. The van der Waals surface area contributed by atoms with Crippen LogP contribution in [-0.2, 0) is 15.8 Å². The van der Waals surface area contributed by atoms with Crippen LogP contribution in [0.15, 0.2) is 59.0 Å². The Kier molecular flexibility index (Phi) is 8.18. The number of sulfonamides is 1. The van der Waals surface area contributed by atoms with Gasteiger partial charge < -0.3 is 14.5 Å². The molecule has 2 aromatic heterocycles. The van der Waals surface area contributed by atoms with Crippen molar-refractivity contribution in [1.29, 1.82) is 0 Å². The molecule has 210 valence electrons. The van der Waals surface area contributed by atoms with Crippen LogP contribution in [0.2, 0.25) is 0 Å². The molecule has 40 heavy (non-hydrogen) atoms. The summed E-state index contributed by atoms with van der Waals surface area (Å²) in [6.07, 6.45) is 4.63. The summed E-state index contributed by atoms with van der Waals surface area (Å²) in [7, 11) is -2.04. The van der Waals surface area contributed by atoms with Crippen molar-refractivity contribution in [3.05, 3.63) is 77.2 Å². The summed E-state index contributed by atoms with van der Waals surface area (Å²) >= 11 is 0. The largest absolute Gasteiger partial charge is 0.457 e. The summed E-state index contributed by atoms with van der Waals surface area (Å²) in [6, 6.07) is 14.5. The highest BCUT2D eigenvalue weighted by atomic mass is 32.2. The predicted molar refractivity (Wildman–Crippen MR) is 151 cm³/mol. The number of amides is 1. The number of carbonyl (C=O) groups excluding carboxylic acids is 1. The molecule has 5 rings (SSSR count). The van der Waals surface area contributed by atoms with E-state index in [0.29, 0.717) is 46.0 Å². The zero-order valence-corrected chi connectivity index (χ0v) is 23.3. The van der Waals surface area contributed by atoms with Crippen molar-refractivity contribution in [1.82, 2.24) is 15.0 Å². The summed E-state index contributed by atoms with van der Waals surface area (Å²) in [4.78, 5) is 17.7. The minimum atomic E-state index is -3.59. The van der Waals surface area contributed by atoms with E-state index >= 15 is 0 Å². The van der Waals surface area contributed by atoms with Crippen LogP contribution >= 0.6 is 0 Å². The van der Waals surface area contributed by atoms with Crippen molar-refractivity contribution in [3.8, 4) is 22.8 Å². The van der Waals surface area contributed by atoms with Crippen molar-refractivity contribution in [2.45, 2.75) is 50.7 Å². The molecule has 2 N–H and O–H groups in total. The molecule has 8 nitrogen and oxygen atoms in total. The standard InChI is InChI=1S/C30H32FN3O5S/c1-3-4-5-16-33-40(36,37)18-26-24(19-6-7-19)17-25-27(29(35)32-2)28(39-30(25)34-26)20-8-12-22(13-9-20)38-23-14-10-21(31)11-15-23/h8-15,17,19,33H,3-7,16,18H2,1-2H3,(H,32,35). The van der Waals surface area contributed by atoms with Crippen molar-refractivity contribution >= 4 is 27.0 Å². The fraction of sp³-hybridized carbons (Fsp3) is 0.333. The van der Waals surface area contributed by atoms with Crippen LogP contribution in [0.4, 0.5) is 4.39 Å². The number of furan rings is 1. The first kappa shape index (κ1) is 27.8. The predicted octanol–water partition coefficient (Wildman–Crippen LogP) is 6.27. The van der Waals surface area contributed by atoms with Gasteiger partial charge >= 0.3 is 0 Å². The first-order valence-electron chi connectivity index (χ1n) is 13.5. The Labute approximate surface area is 233 Å². The molecule has 1 fully saturated rings. The molecule has 0 atom stereocenters. The number of rotatable bonds is 12. The smallest absolute Gasteiger partial charge is 0.255 e. The van der Waals surface area contributed by atoms with Crippen LogP contribution in [0, 0.1) is 5.82 Å². The zero-order valence-electron chi connectivity index (χ0n) is 22.5. The number of hydrogen-bond donors (Lipinski definition) is 2. The molecular formula is C30H32FN3O5S. The number of pyridine rings is 1. The van der Waals surface area contributed by atoms with Gasteiger partial charge in [0.25, 0.3) is 5.91 Å². The molecule has 1 aliphatic carbocycles. The number of nitrogens with zero attached hydrogens (tertiary/aromatic N) is 1. The second kappa shape index (κ2) is 11.8. The Morgan fingerprint density at radius 2 is 1.75 bits per heavy atom. The van der Waals surface area contributed by atoms with E-state index in [9.17, 15) is 17.6 Å². The number of aromatic nitrogens is 1. The summed E-state index contributed by atoms with van der Waals surface area (Å²) in [5, 5.41) is 3.22. The quantitative estimate of drug-likeness (QED) is 0.196. The summed E-state index contributed by atoms with van der Waals surface area (Å²) in [6.45, 7) is 2.46. The zero-order chi connectivity index (χ0) is 28.3. The van der Waals surface area contributed by atoms with E-state index in [1.54, 1.807) is 31.3 Å². The molecule has 2 aromatic carbocycles. The van der Waals surface area contributed by atoms with Gasteiger partial charge in [0.05, 0.1) is 16.6 Å². The normalized spacial score (nSPS) is 13.5. The molecule has 1 saturated carbocycles. The molecule has 10 heteroatoms. The lowest BCUT2D eigenvalue weighted by Gasteiger charge is -2.10. The average molecular weight is 566 g/mol. The molecule has 4 aromatic rings. The van der Waals surface area contributed by atoms with Crippen LogP contribution in [0.1, 0.15) is 66.6 Å². The van der Waals surface area contributed by atoms with Gasteiger partial charge in [0.15, 0.2) is 0 Å². The van der Waals surface area contributed by atoms with Gasteiger partial charge in [-0.25, -0.2) is 22.5 Å². The van der Waals surface area contributed by atoms with Crippen molar-refractivity contribution in [2.75, 3.05) is 13.6 Å². The van der Waals surface area contributed by atoms with Crippen LogP contribution in [0.5, 0.6) is 11.5 Å². The summed E-state index contributed by atoms with van der Waals surface area (Å²) in [5.74, 6) is 0.625. The molecule has 0 saturated heterocycles. The highest BCUT2D eigenvalue weighted by molar-refractivity contribution is 7.88. The van der Waals surface area contributed by atoms with Crippen molar-refractivity contribution in [2.24, 2.45) is 0 Å². The summed E-state index contributed by atoms with van der Waals surface area (Å²) < 4.78 is 53.5. The maximum atomic E-state index is 13.2. The summed E-state index contributed by atoms with van der Waals surface area (Å²) in [5.41, 5.74) is 2.46. The Morgan fingerprint density at radius 3 is 2.38 bits per heavy atom. The number of halogens is 1. The Balaban J connectivity index is 1.49. The molecule has 0 unspecified atom stereocenters. The number of benzene rings is 2. The lowest BCUT2D eigenvalue weighted by Crippen LogP contribution is -2.27. The minimum absolute atomic E-state index is 0.209. The molecule has 0 aliphatic heterocycles. The van der Waals surface area contributed by atoms with Gasteiger partial charge in [-0.2, -0.15) is 0 Å². The van der Waals surface area contributed by atoms with Crippen LogP contribution in [0.3, 0.4) is 0 Å². The first-order chi connectivity index (χ1) is 19.3. The van der Waals surface area contributed by atoms with Crippen LogP contribution in [0.25, 0.3) is 22.4 Å². The van der Waals surface area contributed by atoms with Gasteiger partial charge in [-0.3, -0.25) is 4.79 Å². The molecule has 0 spiro atoms. The molecule has 2 heterocycles. The Bertz CT molecular complexity index is 1610. The lowest BCUT2D eigenvalue weighted by molar-refractivity contribution is 0.0964. The third-order valence-corrected chi connectivity index (χ3v) is 8.16. The van der Waals surface area contributed by atoms with E-state index in [1.807, 2.05) is 6.07 Å². The first-order valence-corrected chi connectivity index (χ1v) is 15.1. The Morgan fingerprint density at radius 1 is 1.07 bits per heavy atom. The van der Waals surface area contributed by atoms with E-state index in [1.165, 1.54) is 24.3 Å². The topological polar surface area (TPSA) is 111 Å². The number of ether oxygens (including phenoxy) is 1. The highest BCUT2D eigenvalue weighted by Gasteiger charge is 2.31. The second-order valence-electron chi connectivity index (χ2n) is 9.98. The highest BCUT2D eigenvalue weighted by Crippen LogP contribution is 2.44. The van der Waals surface area contributed by atoms with Gasteiger partial charge in [-0.15, -0.1) is 0 Å². The monoisotopic (exact) mass is 565 g/mol. The maximum Gasteiger partial charge on any atom is 0.255 e. The SMILES string of the molecule is CCCCCNS(=O)(=O)Cc1nc2oc(-c3ccc(Oc4ccc(F)cc4)cc3)c(C(=O)NC)c2cc1C1CC1. The number of hydrogen-bond acceptors (Lipinski definition) is 6. The van der Waals surface area contributed by atoms with E-state index in [4.69, 9.17) is 9.15 Å². The molecule has 0 radical (unpaired) electrons. The van der Waals surface area contributed by atoms with Gasteiger partial charge in [-0.05, 0) is 85.3 Å². The second-order valence-corrected chi connectivity index (χ2v) is 11.8. The van der Waals surface area contributed by atoms with Gasteiger partial charge in [0, 0.05) is 19.2 Å². The van der Waals surface area contributed by atoms with E-state index < -0.39 is 10.0 Å². The maximum absolute atomic E-state index is 13.2. The average Bonchev–Trinajstić information content (AvgIpc) is 3.72.